The third-order valence-corrected chi connectivity index (χ3v) is 1.74. The maximum Gasteiger partial charge on any atom is 0.253 e. The van der Waals surface area contributed by atoms with Crippen molar-refractivity contribution >= 4 is 5.91 Å². The number of nitrogens with zero attached hydrogens (tertiary/aromatic N) is 1. The minimum atomic E-state index is -1.24. The van der Waals surface area contributed by atoms with Gasteiger partial charge < -0.3 is 10.8 Å². The largest absolute Gasteiger partial charge is 0.384 e. The predicted octanol–water partition coefficient (Wildman–Crippen LogP) is 0.547. The molecule has 0 aliphatic carbocycles. The third kappa shape index (κ3) is 2.05. The molecule has 0 aliphatic rings. The average Bonchev–Trinajstić information content (AvgIpc) is 2.01. The fourth-order valence-electron chi connectivity index (χ4n) is 0.959. The van der Waals surface area contributed by atoms with Crippen LogP contribution in [-0.2, 0) is 5.60 Å². The Morgan fingerprint density at radius 3 is 2.50 bits per heavy atom. The molecule has 5 heteroatoms. The second-order valence-electron chi connectivity index (χ2n) is 3.46. The summed E-state index contributed by atoms with van der Waals surface area (Å²) in [5.74, 6) is -1.84. The molecule has 76 valence electrons. The summed E-state index contributed by atoms with van der Waals surface area (Å²) in [7, 11) is 0. The molecule has 0 saturated heterocycles. The third-order valence-electron chi connectivity index (χ3n) is 1.74. The maximum absolute atomic E-state index is 13.1. The smallest absolute Gasteiger partial charge is 0.253 e. The van der Waals surface area contributed by atoms with Crippen LogP contribution in [0.1, 0.15) is 29.9 Å². The number of aromatic nitrogens is 1. The number of hydrogen-bond donors (Lipinski definition) is 2. The first-order valence-electron chi connectivity index (χ1n) is 4.01. The Balaban J connectivity index is 3.20. The van der Waals surface area contributed by atoms with E-state index in [9.17, 15) is 14.3 Å². The average molecular weight is 198 g/mol. The number of carbonyl (C=O) groups is 1. The Kier molecular flexibility index (Phi) is 2.53. The van der Waals surface area contributed by atoms with Crippen molar-refractivity contribution in [2.24, 2.45) is 5.73 Å². The van der Waals surface area contributed by atoms with E-state index in [0.29, 0.717) is 0 Å². The van der Waals surface area contributed by atoms with Gasteiger partial charge in [0, 0.05) is 0 Å². The monoisotopic (exact) mass is 198 g/mol. The van der Waals surface area contributed by atoms with Crippen LogP contribution in [0.5, 0.6) is 0 Å². The van der Waals surface area contributed by atoms with Gasteiger partial charge in [-0.2, -0.15) is 4.39 Å². The van der Waals surface area contributed by atoms with Crippen molar-refractivity contribution in [3.63, 3.8) is 0 Å². The number of nitrogens with two attached hydrogens (primary N) is 1. The van der Waals surface area contributed by atoms with Crippen LogP contribution < -0.4 is 5.73 Å². The SMILES string of the molecule is CC(C)(O)c1ccc(C(N)=O)c(F)n1. The highest BCUT2D eigenvalue weighted by Gasteiger charge is 2.20. The number of carbonyl (C=O) groups excluding carboxylic acids is 1. The number of pyridine rings is 1. The number of rotatable bonds is 2. The summed E-state index contributed by atoms with van der Waals surface area (Å²) in [6.07, 6.45) is 0. The van der Waals surface area contributed by atoms with E-state index in [4.69, 9.17) is 5.73 Å². The molecule has 0 saturated carbocycles. The van der Waals surface area contributed by atoms with Crippen LogP contribution in [-0.4, -0.2) is 16.0 Å². The lowest BCUT2D eigenvalue weighted by Gasteiger charge is -2.16. The van der Waals surface area contributed by atoms with Crippen LogP contribution >= 0.6 is 0 Å². The number of hydrogen-bond acceptors (Lipinski definition) is 3. The molecule has 1 rings (SSSR count). The number of amides is 1. The zero-order valence-corrected chi connectivity index (χ0v) is 7.91. The molecule has 0 radical (unpaired) electrons. The van der Waals surface area contributed by atoms with Crippen molar-refractivity contribution in [2.75, 3.05) is 0 Å². The molecule has 14 heavy (non-hydrogen) atoms. The molecular weight excluding hydrogens is 187 g/mol. The van der Waals surface area contributed by atoms with Gasteiger partial charge in [-0.15, -0.1) is 0 Å². The lowest BCUT2D eigenvalue weighted by molar-refractivity contribution is 0.0726. The normalized spacial score (nSPS) is 11.4. The van der Waals surface area contributed by atoms with Crippen molar-refractivity contribution < 1.29 is 14.3 Å². The Morgan fingerprint density at radius 1 is 1.57 bits per heavy atom. The van der Waals surface area contributed by atoms with Gasteiger partial charge in [-0.05, 0) is 26.0 Å². The van der Waals surface area contributed by atoms with Gasteiger partial charge in [-0.25, -0.2) is 4.98 Å². The van der Waals surface area contributed by atoms with Gasteiger partial charge in [-0.3, -0.25) is 4.79 Å². The van der Waals surface area contributed by atoms with Crippen LogP contribution in [0.3, 0.4) is 0 Å². The summed E-state index contributed by atoms with van der Waals surface area (Å²) in [5.41, 5.74) is 3.53. The first-order chi connectivity index (χ1) is 6.32. The fourth-order valence-corrected chi connectivity index (χ4v) is 0.959. The van der Waals surface area contributed by atoms with Crippen molar-refractivity contribution in [3.05, 3.63) is 29.3 Å². The second kappa shape index (κ2) is 3.34. The van der Waals surface area contributed by atoms with Crippen LogP contribution in [0.4, 0.5) is 4.39 Å². The summed E-state index contributed by atoms with van der Waals surface area (Å²) in [4.78, 5) is 14.1. The molecule has 0 aliphatic heterocycles. The highest BCUT2D eigenvalue weighted by molar-refractivity contribution is 5.92. The minimum Gasteiger partial charge on any atom is -0.384 e. The lowest BCUT2D eigenvalue weighted by atomic mass is 10.0. The Bertz CT molecular complexity index is 372. The van der Waals surface area contributed by atoms with E-state index in [1.807, 2.05) is 0 Å². The molecule has 1 aromatic rings. The van der Waals surface area contributed by atoms with Gasteiger partial charge in [0.05, 0.1) is 11.3 Å². The molecule has 0 bridgehead atoms. The van der Waals surface area contributed by atoms with Gasteiger partial charge in [-0.1, -0.05) is 0 Å². The fraction of sp³-hybridized carbons (Fsp3) is 0.333. The van der Waals surface area contributed by atoms with Crippen molar-refractivity contribution in [1.82, 2.24) is 4.98 Å². The minimum absolute atomic E-state index is 0.153. The summed E-state index contributed by atoms with van der Waals surface area (Å²) >= 11 is 0. The van der Waals surface area contributed by atoms with Crippen LogP contribution in [0, 0.1) is 5.95 Å². The van der Waals surface area contributed by atoms with E-state index in [0.717, 1.165) is 0 Å². The van der Waals surface area contributed by atoms with E-state index in [1.165, 1.54) is 26.0 Å². The molecule has 0 spiro atoms. The van der Waals surface area contributed by atoms with Crippen LogP contribution in [0.2, 0.25) is 0 Å². The Hall–Kier alpha value is -1.49. The topological polar surface area (TPSA) is 76.2 Å². The van der Waals surface area contributed by atoms with Gasteiger partial charge in [0.25, 0.3) is 5.91 Å². The first-order valence-corrected chi connectivity index (χ1v) is 4.01. The molecule has 1 amide bonds. The summed E-state index contributed by atoms with van der Waals surface area (Å²) in [6.45, 7) is 2.94. The molecule has 1 heterocycles. The molecule has 0 aromatic carbocycles. The zero-order chi connectivity index (χ0) is 10.9. The quantitative estimate of drug-likeness (QED) is 0.681. The molecule has 0 atom stereocenters. The Labute approximate surface area is 80.6 Å². The van der Waals surface area contributed by atoms with Gasteiger partial charge in [0.2, 0.25) is 5.95 Å². The Morgan fingerprint density at radius 2 is 2.14 bits per heavy atom. The van der Waals surface area contributed by atoms with E-state index in [1.54, 1.807) is 0 Å². The van der Waals surface area contributed by atoms with E-state index >= 15 is 0 Å². The summed E-state index contributed by atoms with van der Waals surface area (Å²) < 4.78 is 13.1. The second-order valence-corrected chi connectivity index (χ2v) is 3.46. The van der Waals surface area contributed by atoms with E-state index in [2.05, 4.69) is 4.98 Å². The molecule has 4 nitrogen and oxygen atoms in total. The van der Waals surface area contributed by atoms with Crippen molar-refractivity contribution in [1.29, 1.82) is 0 Å². The van der Waals surface area contributed by atoms with E-state index in [-0.39, 0.29) is 11.3 Å². The van der Waals surface area contributed by atoms with Gasteiger partial charge in [0.15, 0.2) is 0 Å². The number of aliphatic hydroxyl groups is 1. The number of primary amides is 1. The predicted molar refractivity (Wildman–Crippen MR) is 48.0 cm³/mol. The molecular formula is C9H11FN2O2. The molecule has 0 fully saturated rings. The molecule has 1 aromatic heterocycles. The lowest BCUT2D eigenvalue weighted by Crippen LogP contribution is -2.20. The summed E-state index contributed by atoms with van der Waals surface area (Å²) in [5, 5.41) is 9.50. The highest BCUT2D eigenvalue weighted by Crippen LogP contribution is 2.18. The maximum atomic E-state index is 13.1. The zero-order valence-electron chi connectivity index (χ0n) is 7.91. The van der Waals surface area contributed by atoms with Gasteiger partial charge >= 0.3 is 0 Å². The number of halogens is 1. The van der Waals surface area contributed by atoms with Gasteiger partial charge in [0.1, 0.15) is 5.60 Å². The molecule has 0 unspecified atom stereocenters. The van der Waals surface area contributed by atoms with Crippen LogP contribution in [0.25, 0.3) is 0 Å². The highest BCUT2D eigenvalue weighted by atomic mass is 19.1. The first kappa shape index (κ1) is 10.6. The van der Waals surface area contributed by atoms with Crippen LogP contribution in [0.15, 0.2) is 12.1 Å². The summed E-state index contributed by atoms with van der Waals surface area (Å²) in [6, 6.07) is 2.57. The standard InChI is InChI=1S/C9H11FN2O2/c1-9(2,14)6-4-3-5(8(11)13)7(10)12-6/h3-4,14H,1-2H3,(H2,11,13). The van der Waals surface area contributed by atoms with Crippen molar-refractivity contribution in [2.45, 2.75) is 19.4 Å². The molecule has 3 N–H and O–H groups in total. The van der Waals surface area contributed by atoms with E-state index < -0.39 is 17.5 Å². The van der Waals surface area contributed by atoms with Crippen molar-refractivity contribution in [3.8, 4) is 0 Å².